The molecule has 1 saturated heterocycles. The van der Waals surface area contributed by atoms with Crippen LogP contribution in [0.3, 0.4) is 0 Å². The number of anilines is 1. The molecule has 0 bridgehead atoms. The third-order valence-electron chi connectivity index (χ3n) is 4.59. The summed E-state index contributed by atoms with van der Waals surface area (Å²) in [7, 11) is 1.47. The Hall–Kier alpha value is -2.55. The number of aromatic nitrogens is 1. The molecule has 1 aliphatic heterocycles. The Morgan fingerprint density at radius 1 is 1.44 bits per heavy atom. The first kappa shape index (κ1) is 19.2. The lowest BCUT2D eigenvalue weighted by Crippen LogP contribution is -2.49. The number of nitrogens with zero attached hydrogens (tertiary/aromatic N) is 1. The minimum absolute atomic E-state index is 0.0359. The Morgan fingerprint density at radius 2 is 2.26 bits per heavy atom. The zero-order chi connectivity index (χ0) is 19.4. The van der Waals surface area contributed by atoms with E-state index in [4.69, 9.17) is 9.15 Å². The zero-order valence-corrected chi connectivity index (χ0v) is 14.7. The van der Waals surface area contributed by atoms with Crippen LogP contribution in [0.15, 0.2) is 35.2 Å². The van der Waals surface area contributed by atoms with Crippen LogP contribution in [-0.4, -0.2) is 36.8 Å². The monoisotopic (exact) mass is 383 g/mol. The van der Waals surface area contributed by atoms with Crippen LogP contribution in [0.4, 0.5) is 18.9 Å². The number of alkyl halides is 3. The first-order valence-electron chi connectivity index (χ1n) is 8.55. The number of nitrogens with one attached hydrogen (secondary N) is 2. The second-order valence-corrected chi connectivity index (χ2v) is 6.38. The van der Waals surface area contributed by atoms with E-state index >= 15 is 0 Å². The van der Waals surface area contributed by atoms with Gasteiger partial charge in [0.25, 0.3) is 0 Å². The maximum atomic E-state index is 13.1. The third-order valence-corrected chi connectivity index (χ3v) is 4.59. The first-order chi connectivity index (χ1) is 12.9. The maximum Gasteiger partial charge on any atom is 0.393 e. The Kier molecular flexibility index (Phi) is 5.69. The molecule has 2 N–H and O–H groups in total. The smallest absolute Gasteiger partial charge is 0.393 e. The summed E-state index contributed by atoms with van der Waals surface area (Å²) in [6, 6.07) is 3.99. The first-order valence-corrected chi connectivity index (χ1v) is 8.55. The topological polar surface area (TPSA) is 76.4 Å². The maximum absolute atomic E-state index is 13.1. The largest absolute Gasteiger partial charge is 0.496 e. The lowest BCUT2D eigenvalue weighted by Gasteiger charge is -2.33. The molecule has 9 heteroatoms. The summed E-state index contributed by atoms with van der Waals surface area (Å²) in [5.41, 5.74) is 1.08. The van der Waals surface area contributed by atoms with Crippen molar-refractivity contribution < 1.29 is 27.1 Å². The summed E-state index contributed by atoms with van der Waals surface area (Å²) >= 11 is 0. The highest BCUT2D eigenvalue weighted by molar-refractivity contribution is 5.92. The highest BCUT2D eigenvalue weighted by Crippen LogP contribution is 2.36. The van der Waals surface area contributed by atoms with Gasteiger partial charge in [-0.1, -0.05) is 0 Å². The van der Waals surface area contributed by atoms with Crippen molar-refractivity contribution in [3.63, 3.8) is 0 Å². The summed E-state index contributed by atoms with van der Waals surface area (Å²) in [5, 5.41) is 5.45. The second kappa shape index (κ2) is 7.99. The van der Waals surface area contributed by atoms with E-state index in [1.165, 1.54) is 19.7 Å². The fourth-order valence-corrected chi connectivity index (χ4v) is 3.29. The van der Waals surface area contributed by atoms with Gasteiger partial charge in [-0.3, -0.25) is 4.79 Å². The molecule has 146 valence electrons. The molecular weight excluding hydrogens is 363 g/mol. The number of hydrogen-bond acceptors (Lipinski definition) is 5. The molecule has 1 aromatic carbocycles. The highest BCUT2D eigenvalue weighted by Gasteiger charge is 2.45. The Balaban J connectivity index is 1.68. The molecule has 1 amide bonds. The molecule has 0 radical (unpaired) electrons. The molecule has 1 aromatic heterocycles. The van der Waals surface area contributed by atoms with Crippen molar-refractivity contribution >= 4 is 11.6 Å². The zero-order valence-electron chi connectivity index (χ0n) is 14.7. The Morgan fingerprint density at radius 3 is 2.93 bits per heavy atom. The number of carbonyl (C=O) groups excluding carboxylic acids is 1. The number of halogens is 3. The lowest BCUT2D eigenvalue weighted by molar-refractivity contribution is -0.188. The van der Waals surface area contributed by atoms with E-state index in [0.717, 1.165) is 0 Å². The molecule has 27 heavy (non-hydrogen) atoms. The van der Waals surface area contributed by atoms with Gasteiger partial charge in [-0.2, -0.15) is 13.2 Å². The molecule has 0 saturated carbocycles. The Bertz CT molecular complexity index is 778. The quantitative estimate of drug-likeness (QED) is 0.825. The summed E-state index contributed by atoms with van der Waals surface area (Å²) < 4.78 is 50.0. The van der Waals surface area contributed by atoms with Gasteiger partial charge in [0.1, 0.15) is 5.75 Å². The van der Waals surface area contributed by atoms with Gasteiger partial charge in [0.05, 0.1) is 24.8 Å². The number of hydrogen-bond donors (Lipinski definition) is 2. The van der Waals surface area contributed by atoms with Crippen molar-refractivity contribution in [2.45, 2.75) is 31.5 Å². The van der Waals surface area contributed by atoms with E-state index in [-0.39, 0.29) is 12.8 Å². The molecule has 3 rings (SSSR count). The minimum atomic E-state index is -4.32. The SMILES string of the molecule is COc1cc(NC(=O)CC2NCCCC2C(F)(F)F)ccc1-c1cnco1. The average molecular weight is 383 g/mol. The van der Waals surface area contributed by atoms with Gasteiger partial charge in [0.2, 0.25) is 5.91 Å². The van der Waals surface area contributed by atoms with Crippen LogP contribution >= 0.6 is 0 Å². The standard InChI is InChI=1S/C18H20F3N3O3/c1-26-15-7-11(4-5-12(15)16-9-22-10-27-16)24-17(25)8-14-13(18(19,20)21)3-2-6-23-14/h4-5,7,9-10,13-14,23H,2-3,6,8H2,1H3,(H,24,25). The molecule has 0 spiro atoms. The summed E-state index contributed by atoms with van der Waals surface area (Å²) in [4.78, 5) is 16.1. The lowest BCUT2D eigenvalue weighted by atomic mass is 9.88. The molecule has 0 aliphatic carbocycles. The molecule has 2 heterocycles. The normalized spacial score (nSPS) is 20.3. The van der Waals surface area contributed by atoms with Crippen LogP contribution in [0.2, 0.25) is 0 Å². The van der Waals surface area contributed by atoms with Gasteiger partial charge in [0, 0.05) is 24.2 Å². The number of piperidine rings is 1. The number of carbonyl (C=O) groups is 1. The van der Waals surface area contributed by atoms with Crippen LogP contribution in [0.25, 0.3) is 11.3 Å². The van der Waals surface area contributed by atoms with E-state index in [0.29, 0.717) is 35.7 Å². The summed E-state index contributed by atoms with van der Waals surface area (Å²) in [6.45, 7) is 0.476. The van der Waals surface area contributed by atoms with E-state index in [9.17, 15) is 18.0 Å². The molecule has 1 fully saturated rings. The Labute approximate surface area is 154 Å². The molecule has 6 nitrogen and oxygen atoms in total. The highest BCUT2D eigenvalue weighted by atomic mass is 19.4. The van der Waals surface area contributed by atoms with Crippen molar-refractivity contribution in [3.8, 4) is 17.1 Å². The van der Waals surface area contributed by atoms with Gasteiger partial charge in [-0.05, 0) is 31.5 Å². The van der Waals surface area contributed by atoms with Gasteiger partial charge in [-0.25, -0.2) is 4.98 Å². The number of methoxy groups -OCH3 is 1. The number of ether oxygens (including phenoxy) is 1. The summed E-state index contributed by atoms with van der Waals surface area (Å²) in [5.74, 6) is -1.05. The molecular formula is C18H20F3N3O3. The third kappa shape index (κ3) is 4.60. The van der Waals surface area contributed by atoms with Crippen molar-refractivity contribution in [2.24, 2.45) is 5.92 Å². The number of rotatable bonds is 5. The van der Waals surface area contributed by atoms with Gasteiger partial charge in [0.15, 0.2) is 12.2 Å². The average Bonchev–Trinajstić information content (AvgIpc) is 3.15. The summed E-state index contributed by atoms with van der Waals surface area (Å²) in [6.07, 6.45) is -1.27. The number of benzene rings is 1. The van der Waals surface area contributed by atoms with Crippen molar-refractivity contribution in [1.29, 1.82) is 0 Å². The van der Waals surface area contributed by atoms with E-state index in [1.54, 1.807) is 18.2 Å². The van der Waals surface area contributed by atoms with E-state index in [1.807, 2.05) is 0 Å². The van der Waals surface area contributed by atoms with E-state index < -0.39 is 24.0 Å². The van der Waals surface area contributed by atoms with E-state index in [2.05, 4.69) is 15.6 Å². The molecule has 2 atom stereocenters. The van der Waals surface area contributed by atoms with Crippen molar-refractivity contribution in [1.82, 2.24) is 10.3 Å². The second-order valence-electron chi connectivity index (χ2n) is 6.38. The minimum Gasteiger partial charge on any atom is -0.496 e. The number of amides is 1. The molecule has 2 unspecified atom stereocenters. The van der Waals surface area contributed by atoms with Crippen molar-refractivity contribution in [3.05, 3.63) is 30.8 Å². The molecule has 1 aliphatic rings. The van der Waals surface area contributed by atoms with Crippen LogP contribution in [0, 0.1) is 5.92 Å². The van der Waals surface area contributed by atoms with Crippen LogP contribution < -0.4 is 15.4 Å². The predicted octanol–water partition coefficient (Wildman–Crippen LogP) is 3.61. The van der Waals surface area contributed by atoms with Crippen LogP contribution in [0.5, 0.6) is 5.75 Å². The van der Waals surface area contributed by atoms with Crippen LogP contribution in [-0.2, 0) is 4.79 Å². The fraction of sp³-hybridized carbons (Fsp3) is 0.444. The predicted molar refractivity (Wildman–Crippen MR) is 92.3 cm³/mol. The van der Waals surface area contributed by atoms with Crippen molar-refractivity contribution in [2.75, 3.05) is 19.0 Å². The fourth-order valence-electron chi connectivity index (χ4n) is 3.29. The van der Waals surface area contributed by atoms with Gasteiger partial charge in [-0.15, -0.1) is 0 Å². The number of oxazole rings is 1. The molecule has 2 aromatic rings. The van der Waals surface area contributed by atoms with Gasteiger partial charge < -0.3 is 19.8 Å². The van der Waals surface area contributed by atoms with Gasteiger partial charge >= 0.3 is 6.18 Å². The van der Waals surface area contributed by atoms with Crippen LogP contribution in [0.1, 0.15) is 19.3 Å².